The first-order chi connectivity index (χ1) is 13.3. The van der Waals surface area contributed by atoms with E-state index in [9.17, 15) is 0 Å². The lowest BCUT2D eigenvalue weighted by molar-refractivity contribution is 0.220. The number of nitrogens with zero attached hydrogens (tertiary/aromatic N) is 3. The summed E-state index contributed by atoms with van der Waals surface area (Å²) in [6.45, 7) is 5.76. The lowest BCUT2D eigenvalue weighted by atomic mass is 9.93. The van der Waals surface area contributed by atoms with Crippen LogP contribution < -0.4 is 0 Å². The van der Waals surface area contributed by atoms with E-state index in [1.165, 1.54) is 53.5 Å². The second-order valence-electron chi connectivity index (χ2n) is 8.15. The first-order valence-electron chi connectivity index (χ1n) is 9.99. The maximum Gasteiger partial charge on any atom is 0.0703 e. The molecule has 0 atom stereocenters. The van der Waals surface area contributed by atoms with Gasteiger partial charge in [-0.3, -0.25) is 9.88 Å². The van der Waals surface area contributed by atoms with E-state index in [1.54, 1.807) is 11.3 Å². The minimum Gasteiger partial charge on any atom is -0.313 e. The lowest BCUT2D eigenvalue weighted by Gasteiger charge is -2.27. The van der Waals surface area contributed by atoms with Crippen LogP contribution in [0.3, 0.4) is 0 Å². The van der Waals surface area contributed by atoms with Crippen LogP contribution >= 0.6 is 0 Å². The van der Waals surface area contributed by atoms with Gasteiger partial charge in [0, 0.05) is 40.8 Å². The Morgan fingerprint density at radius 3 is 2.78 bits per heavy atom. The van der Waals surface area contributed by atoms with Gasteiger partial charge in [0.25, 0.3) is 0 Å². The Morgan fingerprint density at radius 1 is 1.00 bits per heavy atom. The van der Waals surface area contributed by atoms with E-state index >= 15 is 0 Å². The Labute approximate surface area is 159 Å². The number of aromatic nitrogens is 2. The number of benzene rings is 2. The molecule has 7 rings (SSSR count). The van der Waals surface area contributed by atoms with Crippen molar-refractivity contribution in [3.05, 3.63) is 71.5 Å². The summed E-state index contributed by atoms with van der Waals surface area (Å²) in [6.07, 6.45) is 4.42. The van der Waals surface area contributed by atoms with E-state index in [0.717, 1.165) is 12.1 Å². The second kappa shape index (κ2) is 5.67. The predicted octanol–water partition coefficient (Wildman–Crippen LogP) is 5.18. The third-order valence-corrected chi connectivity index (χ3v) is 6.47. The maximum atomic E-state index is 4.50. The lowest BCUT2D eigenvalue weighted by Crippen LogP contribution is -2.29. The van der Waals surface area contributed by atoms with Crippen LogP contribution in [0.4, 0.5) is 0 Å². The SMILES string of the molecule is Cc1ccc2c(c1)c1c(n2-c2ccc3ncccc3c2)C2CCN(CC2)C1. The summed E-state index contributed by atoms with van der Waals surface area (Å²) in [5.74, 6) is 0.663. The molecular formula is C24H23N3. The molecule has 3 aliphatic rings. The molecule has 0 radical (unpaired) electrons. The highest BCUT2D eigenvalue weighted by atomic mass is 15.1. The van der Waals surface area contributed by atoms with Crippen molar-refractivity contribution in [1.29, 1.82) is 0 Å². The molecule has 2 aromatic carbocycles. The van der Waals surface area contributed by atoms with Crippen LogP contribution in [0.25, 0.3) is 27.5 Å². The molecule has 5 heterocycles. The highest BCUT2D eigenvalue weighted by Gasteiger charge is 2.33. The third kappa shape index (κ3) is 2.28. The summed E-state index contributed by atoms with van der Waals surface area (Å²) in [6, 6.07) is 17.9. The molecule has 0 spiro atoms. The average molecular weight is 353 g/mol. The van der Waals surface area contributed by atoms with Gasteiger partial charge in [0.05, 0.1) is 11.0 Å². The monoisotopic (exact) mass is 353 g/mol. The molecule has 0 amide bonds. The summed E-state index contributed by atoms with van der Waals surface area (Å²) in [5.41, 5.74) is 8.14. The fraction of sp³-hybridized carbons (Fsp3) is 0.292. The van der Waals surface area contributed by atoms with Crippen molar-refractivity contribution in [2.75, 3.05) is 13.1 Å². The Morgan fingerprint density at radius 2 is 1.89 bits per heavy atom. The van der Waals surface area contributed by atoms with Crippen molar-refractivity contribution in [2.24, 2.45) is 0 Å². The van der Waals surface area contributed by atoms with E-state index < -0.39 is 0 Å². The van der Waals surface area contributed by atoms with Crippen LogP contribution in [-0.4, -0.2) is 27.5 Å². The molecule has 0 N–H and O–H groups in total. The van der Waals surface area contributed by atoms with Gasteiger partial charge < -0.3 is 4.57 Å². The highest BCUT2D eigenvalue weighted by molar-refractivity contribution is 5.90. The van der Waals surface area contributed by atoms with Crippen LogP contribution in [0, 0.1) is 6.92 Å². The van der Waals surface area contributed by atoms with E-state index in [0.29, 0.717) is 5.92 Å². The van der Waals surface area contributed by atoms with Crippen molar-refractivity contribution in [3.63, 3.8) is 0 Å². The van der Waals surface area contributed by atoms with Crippen LogP contribution in [-0.2, 0) is 6.54 Å². The summed E-state index contributed by atoms with van der Waals surface area (Å²) in [4.78, 5) is 7.14. The first-order valence-corrected chi connectivity index (χ1v) is 9.99. The maximum absolute atomic E-state index is 4.50. The van der Waals surface area contributed by atoms with Crippen molar-refractivity contribution in [2.45, 2.75) is 32.2 Å². The predicted molar refractivity (Wildman–Crippen MR) is 111 cm³/mol. The van der Waals surface area contributed by atoms with Gasteiger partial charge in [0.15, 0.2) is 0 Å². The molecule has 2 aromatic heterocycles. The number of rotatable bonds is 1. The molecule has 3 heteroatoms. The van der Waals surface area contributed by atoms with E-state index in [2.05, 4.69) is 63.8 Å². The smallest absolute Gasteiger partial charge is 0.0703 e. The fourth-order valence-corrected chi connectivity index (χ4v) is 5.15. The Balaban J connectivity index is 1.69. The molecule has 3 aliphatic heterocycles. The number of hydrogen-bond acceptors (Lipinski definition) is 2. The highest BCUT2D eigenvalue weighted by Crippen LogP contribution is 2.42. The van der Waals surface area contributed by atoms with Gasteiger partial charge in [-0.2, -0.15) is 0 Å². The molecular weight excluding hydrogens is 330 g/mol. The van der Waals surface area contributed by atoms with Crippen molar-refractivity contribution in [3.8, 4) is 5.69 Å². The number of hydrogen-bond donors (Lipinski definition) is 0. The minimum absolute atomic E-state index is 0.663. The topological polar surface area (TPSA) is 21.1 Å². The first kappa shape index (κ1) is 15.4. The van der Waals surface area contributed by atoms with E-state index in [4.69, 9.17) is 0 Å². The Bertz CT molecular complexity index is 1180. The Kier molecular flexibility index (Phi) is 3.24. The molecule has 4 aromatic rings. The average Bonchev–Trinajstić information content (AvgIpc) is 2.82. The summed E-state index contributed by atoms with van der Waals surface area (Å²) < 4.78 is 2.55. The van der Waals surface area contributed by atoms with Gasteiger partial charge in [-0.05, 0) is 74.8 Å². The van der Waals surface area contributed by atoms with E-state index in [1.807, 2.05) is 12.3 Å². The van der Waals surface area contributed by atoms with Crippen LogP contribution in [0.1, 0.15) is 35.6 Å². The van der Waals surface area contributed by atoms with Crippen LogP contribution in [0.5, 0.6) is 0 Å². The fourth-order valence-electron chi connectivity index (χ4n) is 5.15. The van der Waals surface area contributed by atoms with E-state index in [-0.39, 0.29) is 0 Å². The van der Waals surface area contributed by atoms with Gasteiger partial charge >= 0.3 is 0 Å². The molecule has 0 unspecified atom stereocenters. The minimum atomic E-state index is 0.663. The molecule has 27 heavy (non-hydrogen) atoms. The molecule has 2 bridgehead atoms. The van der Waals surface area contributed by atoms with Crippen LogP contribution in [0.15, 0.2) is 54.7 Å². The van der Waals surface area contributed by atoms with Crippen molar-refractivity contribution >= 4 is 21.8 Å². The zero-order valence-electron chi connectivity index (χ0n) is 15.7. The molecule has 134 valence electrons. The number of fused-ring (bicyclic) bond motifs is 4. The Hall–Kier alpha value is -2.65. The zero-order chi connectivity index (χ0) is 18.0. The molecule has 0 aliphatic carbocycles. The second-order valence-corrected chi connectivity index (χ2v) is 8.15. The van der Waals surface area contributed by atoms with Gasteiger partial charge in [0.2, 0.25) is 0 Å². The molecule has 1 fully saturated rings. The third-order valence-electron chi connectivity index (χ3n) is 6.47. The largest absolute Gasteiger partial charge is 0.313 e. The number of aryl methyl sites for hydroxylation is 1. The number of pyridine rings is 1. The molecule has 1 saturated heterocycles. The standard InChI is InChI=1S/C24H23N3/c1-16-4-7-23-20(13-16)21-15-26-11-8-17(9-12-26)24(21)27(23)19-5-6-22-18(14-19)3-2-10-25-22/h2-7,10,13-14,17H,8-9,11-12,15H2,1H3. The van der Waals surface area contributed by atoms with Gasteiger partial charge in [-0.1, -0.05) is 17.7 Å². The van der Waals surface area contributed by atoms with Crippen molar-refractivity contribution < 1.29 is 0 Å². The summed E-state index contributed by atoms with van der Waals surface area (Å²) in [5, 5.41) is 2.65. The summed E-state index contributed by atoms with van der Waals surface area (Å²) in [7, 11) is 0. The van der Waals surface area contributed by atoms with Crippen LogP contribution in [0.2, 0.25) is 0 Å². The van der Waals surface area contributed by atoms with Gasteiger partial charge in [0.1, 0.15) is 0 Å². The molecule has 0 saturated carbocycles. The number of piperidine rings is 1. The zero-order valence-corrected chi connectivity index (χ0v) is 15.7. The van der Waals surface area contributed by atoms with Crippen molar-refractivity contribution in [1.82, 2.24) is 14.5 Å². The molecule has 3 nitrogen and oxygen atoms in total. The normalized spacial score (nSPS) is 21.5. The quantitative estimate of drug-likeness (QED) is 0.470. The van der Waals surface area contributed by atoms with Gasteiger partial charge in [-0.25, -0.2) is 0 Å². The summed E-state index contributed by atoms with van der Waals surface area (Å²) >= 11 is 0. The van der Waals surface area contributed by atoms with Gasteiger partial charge in [-0.15, -0.1) is 0 Å².